The molecule has 1 fully saturated rings. The van der Waals surface area contributed by atoms with Gasteiger partial charge < -0.3 is 9.52 Å². The Bertz CT molecular complexity index is 616. The molecule has 20 heavy (non-hydrogen) atoms. The topological polar surface area (TPSA) is 70.8 Å². The summed E-state index contributed by atoms with van der Waals surface area (Å²) in [5.74, 6) is -0.792. The molecule has 1 aliphatic rings. The van der Waals surface area contributed by atoms with Crippen LogP contribution in [0.3, 0.4) is 0 Å². The molecule has 0 bridgehead atoms. The van der Waals surface area contributed by atoms with Gasteiger partial charge in [-0.05, 0) is 36.8 Å². The summed E-state index contributed by atoms with van der Waals surface area (Å²) in [7, 11) is 0. The van der Waals surface area contributed by atoms with E-state index in [1.165, 1.54) is 0 Å². The Balaban J connectivity index is 2.17. The van der Waals surface area contributed by atoms with E-state index in [4.69, 9.17) is 21.7 Å². The molecule has 0 spiro atoms. The van der Waals surface area contributed by atoms with Crippen LogP contribution in [0, 0.1) is 0 Å². The molecule has 0 aromatic carbocycles. The molecule has 7 heteroatoms. The van der Waals surface area contributed by atoms with E-state index in [-0.39, 0.29) is 10.2 Å². The number of rotatable bonds is 4. The maximum atomic E-state index is 12.0. The van der Waals surface area contributed by atoms with E-state index in [0.29, 0.717) is 10.7 Å². The van der Waals surface area contributed by atoms with Crippen LogP contribution in [0.5, 0.6) is 0 Å². The van der Waals surface area contributed by atoms with Gasteiger partial charge in [0, 0.05) is 0 Å². The second-order valence-electron chi connectivity index (χ2n) is 4.07. The minimum atomic E-state index is -1.09. The Morgan fingerprint density at radius 2 is 2.35 bits per heavy atom. The van der Waals surface area contributed by atoms with E-state index in [1.54, 1.807) is 30.5 Å². The average Bonchev–Trinajstić information content (AvgIpc) is 2.93. The van der Waals surface area contributed by atoms with Crippen LogP contribution in [-0.4, -0.2) is 32.7 Å². The molecule has 1 aromatic rings. The molecule has 0 saturated carbocycles. The van der Waals surface area contributed by atoms with Gasteiger partial charge in [0.15, 0.2) is 0 Å². The third-order valence-electron chi connectivity index (χ3n) is 2.44. The maximum absolute atomic E-state index is 12.0. The summed E-state index contributed by atoms with van der Waals surface area (Å²) in [6.07, 6.45) is 5.01. The Labute approximate surface area is 124 Å². The van der Waals surface area contributed by atoms with Crippen LogP contribution < -0.4 is 0 Å². The Morgan fingerprint density at radius 1 is 1.60 bits per heavy atom. The van der Waals surface area contributed by atoms with Crippen molar-refractivity contribution >= 4 is 46.3 Å². The van der Waals surface area contributed by atoms with Crippen LogP contribution >= 0.6 is 24.0 Å². The zero-order chi connectivity index (χ0) is 14.7. The number of allylic oxidation sites excluding steroid dienone is 2. The quantitative estimate of drug-likeness (QED) is 0.681. The molecule has 104 valence electrons. The molecule has 1 saturated heterocycles. The van der Waals surface area contributed by atoms with Crippen molar-refractivity contribution in [3.05, 3.63) is 40.7 Å². The monoisotopic (exact) mass is 309 g/mol. The Hall–Kier alpha value is -1.86. The summed E-state index contributed by atoms with van der Waals surface area (Å²) < 4.78 is 5.44. The number of hydrogen-bond acceptors (Lipinski definition) is 5. The van der Waals surface area contributed by atoms with E-state index in [1.807, 2.05) is 6.92 Å². The van der Waals surface area contributed by atoms with Crippen molar-refractivity contribution in [1.82, 2.24) is 4.90 Å². The summed E-state index contributed by atoms with van der Waals surface area (Å²) in [5.41, 5.74) is 0.816. The van der Waals surface area contributed by atoms with Crippen molar-refractivity contribution in [2.45, 2.75) is 6.92 Å². The first kappa shape index (κ1) is 14.5. The van der Waals surface area contributed by atoms with Crippen molar-refractivity contribution in [3.63, 3.8) is 0 Å². The van der Waals surface area contributed by atoms with Crippen LogP contribution in [0.25, 0.3) is 6.08 Å². The van der Waals surface area contributed by atoms with Gasteiger partial charge in [-0.2, -0.15) is 0 Å². The summed E-state index contributed by atoms with van der Waals surface area (Å²) in [4.78, 5) is 24.2. The lowest BCUT2D eigenvalue weighted by Gasteiger charge is -2.10. The van der Waals surface area contributed by atoms with E-state index >= 15 is 0 Å². The molecule has 1 amide bonds. The minimum absolute atomic E-state index is 0.259. The van der Waals surface area contributed by atoms with Gasteiger partial charge >= 0.3 is 5.97 Å². The van der Waals surface area contributed by atoms with Crippen LogP contribution in [-0.2, 0) is 9.59 Å². The van der Waals surface area contributed by atoms with Gasteiger partial charge in [-0.25, -0.2) is 0 Å². The van der Waals surface area contributed by atoms with E-state index in [0.717, 1.165) is 22.2 Å². The lowest BCUT2D eigenvalue weighted by atomic mass is 10.2. The predicted octanol–water partition coefficient (Wildman–Crippen LogP) is 2.51. The average molecular weight is 309 g/mol. The van der Waals surface area contributed by atoms with Crippen molar-refractivity contribution in [3.8, 4) is 0 Å². The normalized spacial score (nSPS) is 18.1. The number of hydrogen-bond donors (Lipinski definition) is 1. The molecule has 1 N–H and O–H groups in total. The summed E-state index contributed by atoms with van der Waals surface area (Å²) >= 11 is 6.11. The zero-order valence-corrected chi connectivity index (χ0v) is 12.2. The van der Waals surface area contributed by atoms with E-state index in [9.17, 15) is 9.59 Å². The summed E-state index contributed by atoms with van der Waals surface area (Å²) in [6.45, 7) is 1.41. The molecule has 0 radical (unpaired) electrons. The highest BCUT2D eigenvalue weighted by atomic mass is 32.2. The minimum Gasteiger partial charge on any atom is -0.480 e. The van der Waals surface area contributed by atoms with Crippen LogP contribution in [0.4, 0.5) is 0 Å². The number of thioether (sulfide) groups is 1. The fraction of sp³-hybridized carbons (Fsp3) is 0.154. The number of aliphatic carboxylic acids is 1. The molecule has 2 rings (SSSR count). The van der Waals surface area contributed by atoms with E-state index < -0.39 is 12.5 Å². The van der Waals surface area contributed by atoms with Gasteiger partial charge in [0.2, 0.25) is 0 Å². The van der Waals surface area contributed by atoms with Gasteiger partial charge in [-0.15, -0.1) is 0 Å². The number of carbonyl (C=O) groups is 2. The molecular weight excluding hydrogens is 298 g/mol. The van der Waals surface area contributed by atoms with Gasteiger partial charge in [0.1, 0.15) is 16.6 Å². The fourth-order valence-electron chi connectivity index (χ4n) is 1.62. The first-order valence-electron chi connectivity index (χ1n) is 5.66. The number of carboxylic acid groups (broad SMARTS) is 1. The smallest absolute Gasteiger partial charge is 0.323 e. The lowest BCUT2D eigenvalue weighted by Crippen LogP contribution is -2.33. The highest BCUT2D eigenvalue weighted by Crippen LogP contribution is 2.31. The van der Waals surface area contributed by atoms with Crippen molar-refractivity contribution in [2.24, 2.45) is 0 Å². The molecule has 0 atom stereocenters. The summed E-state index contributed by atoms with van der Waals surface area (Å²) in [6, 6.07) is 3.57. The first-order valence-corrected chi connectivity index (χ1v) is 6.89. The first-order chi connectivity index (χ1) is 9.47. The SMILES string of the molecule is CC(=C/c1ccco1)/C=C1\SC(=S)N(CC(=O)O)C1=O. The second kappa shape index (κ2) is 6.06. The third kappa shape index (κ3) is 3.37. The number of carboxylic acids is 1. The van der Waals surface area contributed by atoms with Crippen molar-refractivity contribution in [1.29, 1.82) is 0 Å². The van der Waals surface area contributed by atoms with Crippen LogP contribution in [0.15, 0.2) is 39.4 Å². The van der Waals surface area contributed by atoms with Gasteiger partial charge in [0.25, 0.3) is 5.91 Å². The third-order valence-corrected chi connectivity index (χ3v) is 3.82. The lowest BCUT2D eigenvalue weighted by molar-refractivity contribution is -0.140. The van der Waals surface area contributed by atoms with Crippen molar-refractivity contribution < 1.29 is 19.1 Å². The van der Waals surface area contributed by atoms with Gasteiger partial charge in [-0.3, -0.25) is 14.5 Å². The predicted molar refractivity (Wildman–Crippen MR) is 80.0 cm³/mol. The highest BCUT2D eigenvalue weighted by molar-refractivity contribution is 8.26. The summed E-state index contributed by atoms with van der Waals surface area (Å²) in [5, 5.41) is 8.74. The van der Waals surface area contributed by atoms with E-state index in [2.05, 4.69) is 0 Å². The zero-order valence-electron chi connectivity index (χ0n) is 10.5. The van der Waals surface area contributed by atoms with Crippen LogP contribution in [0.1, 0.15) is 12.7 Å². The molecule has 1 aromatic heterocycles. The molecule has 0 unspecified atom stereocenters. The Kier molecular flexibility index (Phi) is 4.41. The Morgan fingerprint density at radius 3 is 2.95 bits per heavy atom. The largest absolute Gasteiger partial charge is 0.480 e. The molecule has 1 aliphatic heterocycles. The van der Waals surface area contributed by atoms with Crippen molar-refractivity contribution in [2.75, 3.05) is 6.54 Å². The number of amides is 1. The fourth-order valence-corrected chi connectivity index (χ4v) is 2.92. The second-order valence-corrected chi connectivity index (χ2v) is 5.74. The van der Waals surface area contributed by atoms with Gasteiger partial charge in [-0.1, -0.05) is 24.0 Å². The number of thiocarbonyl (C=S) groups is 1. The van der Waals surface area contributed by atoms with Gasteiger partial charge in [0.05, 0.1) is 11.2 Å². The number of furan rings is 1. The molecular formula is C13H11NO4S2. The molecule has 5 nitrogen and oxygen atoms in total. The highest BCUT2D eigenvalue weighted by Gasteiger charge is 2.33. The molecule has 0 aliphatic carbocycles. The number of carbonyl (C=O) groups excluding carboxylic acids is 1. The maximum Gasteiger partial charge on any atom is 0.323 e. The molecule has 2 heterocycles. The van der Waals surface area contributed by atoms with Crippen LogP contribution in [0.2, 0.25) is 0 Å². The standard InChI is InChI=1S/C13H11NO4S2/c1-8(5-9-3-2-4-18-9)6-10-12(17)14(7-11(15)16)13(19)20-10/h2-6H,7H2,1H3,(H,15,16)/b8-5-,10-6-. The number of nitrogens with zero attached hydrogens (tertiary/aromatic N) is 1.